The van der Waals surface area contributed by atoms with E-state index in [1.54, 1.807) is 25.2 Å². The zero-order valence-corrected chi connectivity index (χ0v) is 24.0. The van der Waals surface area contributed by atoms with Crippen LogP contribution in [0.2, 0.25) is 0 Å². The number of anilines is 2. The van der Waals surface area contributed by atoms with Crippen molar-refractivity contribution in [2.45, 2.75) is 71.9 Å². The first-order chi connectivity index (χ1) is 18.6. The van der Waals surface area contributed by atoms with Crippen molar-refractivity contribution in [2.75, 3.05) is 17.2 Å². The highest BCUT2D eigenvalue weighted by atomic mass is 32.1. The van der Waals surface area contributed by atoms with Gasteiger partial charge in [-0.05, 0) is 65.2 Å². The molecule has 1 aliphatic rings. The van der Waals surface area contributed by atoms with Gasteiger partial charge >= 0.3 is 0 Å². The number of aryl methyl sites for hydroxylation is 3. The maximum atomic E-state index is 10.2. The lowest BCUT2D eigenvalue weighted by atomic mass is 10.1. The Labute approximate surface area is 233 Å². The highest BCUT2D eigenvalue weighted by Gasteiger charge is 2.38. The Hall–Kier alpha value is -3.11. The summed E-state index contributed by atoms with van der Waals surface area (Å²) in [5, 5.41) is 28.1. The van der Waals surface area contributed by atoms with Gasteiger partial charge in [-0.2, -0.15) is 4.98 Å². The Morgan fingerprint density at radius 2 is 1.77 bits per heavy atom. The molecule has 0 saturated heterocycles. The van der Waals surface area contributed by atoms with Gasteiger partial charge in [0.1, 0.15) is 10.8 Å². The highest BCUT2D eigenvalue weighted by molar-refractivity contribution is 7.21. The molecule has 3 atom stereocenters. The van der Waals surface area contributed by atoms with Crippen molar-refractivity contribution >= 4 is 33.3 Å². The summed E-state index contributed by atoms with van der Waals surface area (Å²) in [5.41, 5.74) is 6.27. The minimum Gasteiger partial charge on any atom is -0.396 e. The van der Waals surface area contributed by atoms with Crippen molar-refractivity contribution in [3.8, 4) is 10.6 Å². The molecule has 9 heteroatoms. The minimum absolute atomic E-state index is 0.00389. The number of benzene rings is 2. The summed E-state index contributed by atoms with van der Waals surface area (Å²) in [6, 6.07) is 14.6. The van der Waals surface area contributed by atoms with Gasteiger partial charge in [-0.3, -0.25) is 0 Å². The molecule has 2 heterocycles. The Kier molecular flexibility index (Phi) is 7.87. The molecule has 2 aromatic heterocycles. The fraction of sp³-hybridized carbons (Fsp3) is 0.433. The molecule has 0 unspecified atom stereocenters. The largest absolute Gasteiger partial charge is 0.396 e. The van der Waals surface area contributed by atoms with Crippen LogP contribution in [0.4, 0.5) is 11.8 Å². The predicted molar refractivity (Wildman–Crippen MR) is 157 cm³/mol. The van der Waals surface area contributed by atoms with Crippen molar-refractivity contribution in [3.05, 3.63) is 64.8 Å². The number of thiazole rings is 1. The van der Waals surface area contributed by atoms with Crippen molar-refractivity contribution in [2.24, 2.45) is 5.92 Å². The second kappa shape index (κ2) is 11.2. The van der Waals surface area contributed by atoms with Gasteiger partial charge in [0, 0.05) is 25.1 Å². The molecule has 0 bridgehead atoms. The fourth-order valence-corrected chi connectivity index (χ4v) is 6.51. The van der Waals surface area contributed by atoms with Crippen molar-refractivity contribution in [1.82, 2.24) is 15.0 Å². The number of nitrogens with zero attached hydrogens (tertiary/aromatic N) is 3. The molecule has 2 aromatic carbocycles. The van der Waals surface area contributed by atoms with Gasteiger partial charge in [-0.15, -0.1) is 11.3 Å². The second-order valence-electron chi connectivity index (χ2n) is 11.1. The Bertz CT molecular complexity index is 1410. The number of nitrogens with one attached hydrogen (secondary N) is 2. The molecule has 39 heavy (non-hydrogen) atoms. The van der Waals surface area contributed by atoms with Crippen LogP contribution in [-0.2, 0) is 11.3 Å². The van der Waals surface area contributed by atoms with Crippen molar-refractivity contribution in [1.29, 1.82) is 0 Å². The smallest absolute Gasteiger partial charge is 0.225 e. The molecule has 8 nitrogen and oxygen atoms in total. The maximum Gasteiger partial charge on any atom is 0.225 e. The highest BCUT2D eigenvalue weighted by Crippen LogP contribution is 2.39. The Balaban J connectivity index is 1.47. The molecule has 0 aliphatic heterocycles. The molecular weight excluding hydrogens is 510 g/mol. The van der Waals surface area contributed by atoms with Crippen LogP contribution in [0.15, 0.2) is 42.5 Å². The third-order valence-electron chi connectivity index (χ3n) is 6.97. The average molecular weight is 548 g/mol. The molecule has 0 radical (unpaired) electrons. The van der Waals surface area contributed by atoms with Crippen LogP contribution in [0.3, 0.4) is 0 Å². The van der Waals surface area contributed by atoms with Crippen LogP contribution in [0, 0.1) is 26.7 Å². The SMILES string of the molecule is Cc1cc(C)cc(CNc2nc(C)c(-c3nc4ccccc4s3)c(N[C@@H]3C[C@H](CO)[C@@H](OC(C)(C)O)C3)n2)c1. The summed E-state index contributed by atoms with van der Waals surface area (Å²) in [6.45, 7) is 10.0. The lowest BCUT2D eigenvalue weighted by Gasteiger charge is -2.26. The number of fused-ring (bicyclic) bond motifs is 1. The Morgan fingerprint density at radius 3 is 2.46 bits per heavy atom. The predicted octanol–water partition coefficient (Wildman–Crippen LogP) is 5.59. The topological polar surface area (TPSA) is 112 Å². The molecule has 0 spiro atoms. The standard InChI is InChI=1S/C30H37N5O3S/c1-17-10-18(2)12-20(11-17)15-31-29-32-19(3)26(28-34-23-8-6-7-9-25(23)39-28)27(35-29)33-22-13-21(16-36)24(14-22)38-30(4,5)37/h6-12,21-22,24,36-37H,13-16H2,1-5H3,(H2,31,32,33,35)/t21-,22-,24+/m1/s1. The normalized spacial score (nSPS) is 19.5. The zero-order valence-electron chi connectivity index (χ0n) is 23.2. The molecule has 4 N–H and O–H groups in total. The molecule has 4 aromatic rings. The van der Waals surface area contributed by atoms with Crippen LogP contribution in [0.5, 0.6) is 0 Å². The molecule has 5 rings (SSSR count). The third-order valence-corrected chi connectivity index (χ3v) is 8.03. The van der Waals surface area contributed by atoms with Crippen LogP contribution in [0.1, 0.15) is 49.1 Å². The number of hydrogen-bond donors (Lipinski definition) is 4. The summed E-state index contributed by atoms with van der Waals surface area (Å²) >= 11 is 1.62. The van der Waals surface area contributed by atoms with E-state index in [1.165, 1.54) is 16.7 Å². The number of rotatable bonds is 9. The molecule has 1 aliphatic carbocycles. The van der Waals surface area contributed by atoms with E-state index >= 15 is 0 Å². The summed E-state index contributed by atoms with van der Waals surface area (Å²) in [6.07, 6.45) is 1.08. The van der Waals surface area contributed by atoms with Crippen LogP contribution >= 0.6 is 11.3 Å². The van der Waals surface area contributed by atoms with Crippen LogP contribution in [0.25, 0.3) is 20.8 Å². The van der Waals surface area contributed by atoms with E-state index in [1.807, 2.05) is 25.1 Å². The number of aromatic nitrogens is 3. The van der Waals surface area contributed by atoms with E-state index in [0.29, 0.717) is 31.2 Å². The number of hydrogen-bond acceptors (Lipinski definition) is 9. The molecule has 206 valence electrons. The summed E-state index contributed by atoms with van der Waals surface area (Å²) in [5.74, 6) is -0.101. The quantitative estimate of drug-likeness (QED) is 0.201. The fourth-order valence-electron chi connectivity index (χ4n) is 5.45. The molecule has 0 amide bonds. The summed E-state index contributed by atoms with van der Waals surface area (Å²) in [7, 11) is 0. The van der Waals surface area contributed by atoms with E-state index in [2.05, 4.69) is 48.7 Å². The third kappa shape index (κ3) is 6.55. The second-order valence-corrected chi connectivity index (χ2v) is 12.1. The monoisotopic (exact) mass is 547 g/mol. The lowest BCUT2D eigenvalue weighted by Crippen LogP contribution is -2.33. The number of para-hydroxylation sites is 1. The first kappa shape index (κ1) is 27.5. The van der Waals surface area contributed by atoms with E-state index in [-0.39, 0.29) is 24.7 Å². The van der Waals surface area contributed by atoms with Gasteiger partial charge in [0.05, 0.1) is 27.6 Å². The van der Waals surface area contributed by atoms with E-state index in [0.717, 1.165) is 26.5 Å². The average Bonchev–Trinajstić information content (AvgIpc) is 3.44. The van der Waals surface area contributed by atoms with Gasteiger partial charge in [-0.25, -0.2) is 9.97 Å². The Morgan fingerprint density at radius 1 is 1.03 bits per heavy atom. The zero-order chi connectivity index (χ0) is 27.7. The van der Waals surface area contributed by atoms with Crippen molar-refractivity contribution in [3.63, 3.8) is 0 Å². The number of aliphatic hydroxyl groups excluding tert-OH is 1. The van der Waals surface area contributed by atoms with Crippen molar-refractivity contribution < 1.29 is 14.9 Å². The molecule has 1 saturated carbocycles. The van der Waals surface area contributed by atoms with Gasteiger partial charge in [-0.1, -0.05) is 41.5 Å². The molecular formula is C30H37N5O3S. The van der Waals surface area contributed by atoms with Gasteiger partial charge in [0.2, 0.25) is 5.95 Å². The summed E-state index contributed by atoms with van der Waals surface area (Å²) in [4.78, 5) is 14.6. The number of ether oxygens (including phenoxy) is 1. The number of aliphatic hydroxyl groups is 2. The van der Waals surface area contributed by atoms with Gasteiger partial charge in [0.15, 0.2) is 5.79 Å². The first-order valence-corrected chi connectivity index (χ1v) is 14.2. The maximum absolute atomic E-state index is 10.2. The van der Waals surface area contributed by atoms with Gasteiger partial charge in [0.25, 0.3) is 0 Å². The van der Waals surface area contributed by atoms with E-state index in [9.17, 15) is 10.2 Å². The van der Waals surface area contributed by atoms with E-state index < -0.39 is 5.79 Å². The van der Waals surface area contributed by atoms with Crippen LogP contribution in [-0.4, -0.2) is 49.7 Å². The minimum atomic E-state index is -1.27. The first-order valence-electron chi connectivity index (χ1n) is 13.4. The lowest BCUT2D eigenvalue weighted by molar-refractivity contribution is -0.214. The van der Waals surface area contributed by atoms with Crippen LogP contribution < -0.4 is 10.6 Å². The summed E-state index contributed by atoms with van der Waals surface area (Å²) < 4.78 is 6.99. The molecule has 1 fully saturated rings. The van der Waals surface area contributed by atoms with Gasteiger partial charge < -0.3 is 25.6 Å². The van der Waals surface area contributed by atoms with E-state index in [4.69, 9.17) is 19.7 Å².